The highest BCUT2D eigenvalue weighted by atomic mass is 16.2. The van der Waals surface area contributed by atoms with Gasteiger partial charge in [0.05, 0.1) is 5.69 Å². The van der Waals surface area contributed by atoms with E-state index in [0.717, 1.165) is 22.7 Å². The first-order valence-corrected chi connectivity index (χ1v) is 7.41. The van der Waals surface area contributed by atoms with Gasteiger partial charge in [0.25, 0.3) is 0 Å². The molecule has 22 heavy (non-hydrogen) atoms. The number of pyridine rings is 1. The van der Waals surface area contributed by atoms with Gasteiger partial charge in [0.2, 0.25) is 5.91 Å². The van der Waals surface area contributed by atoms with Gasteiger partial charge in [-0.15, -0.1) is 0 Å². The van der Waals surface area contributed by atoms with Gasteiger partial charge in [-0.05, 0) is 37.6 Å². The van der Waals surface area contributed by atoms with E-state index in [9.17, 15) is 4.79 Å². The number of rotatable bonds is 4. The van der Waals surface area contributed by atoms with Gasteiger partial charge in [-0.2, -0.15) is 0 Å². The average Bonchev–Trinajstić information content (AvgIpc) is 2.88. The molecule has 0 spiro atoms. The zero-order valence-corrected chi connectivity index (χ0v) is 12.9. The molecule has 0 aliphatic carbocycles. The minimum Gasteiger partial charge on any atom is -0.315 e. The number of carbonyl (C=O) groups excluding carboxylic acids is 1. The Morgan fingerprint density at radius 2 is 1.86 bits per heavy atom. The van der Waals surface area contributed by atoms with Gasteiger partial charge in [-0.1, -0.05) is 24.3 Å². The van der Waals surface area contributed by atoms with Crippen molar-refractivity contribution in [3.05, 3.63) is 66.1 Å². The highest BCUT2D eigenvalue weighted by Crippen LogP contribution is 2.16. The highest BCUT2D eigenvalue weighted by Gasteiger charge is 2.14. The normalized spacial score (nSPS) is 10.8. The van der Waals surface area contributed by atoms with Crippen LogP contribution in [-0.4, -0.2) is 22.3 Å². The van der Waals surface area contributed by atoms with E-state index in [1.807, 2.05) is 68.7 Å². The molecule has 112 valence electrons. The van der Waals surface area contributed by atoms with Gasteiger partial charge in [-0.3, -0.25) is 4.79 Å². The number of imidazole rings is 1. The molecule has 2 heterocycles. The third-order valence-corrected chi connectivity index (χ3v) is 3.92. The lowest BCUT2D eigenvalue weighted by atomic mass is 10.2. The molecule has 0 N–H and O–H groups in total. The number of nitrogens with zero attached hydrogens (tertiary/aromatic N) is 3. The van der Waals surface area contributed by atoms with Crippen LogP contribution >= 0.6 is 0 Å². The van der Waals surface area contributed by atoms with E-state index in [-0.39, 0.29) is 5.91 Å². The van der Waals surface area contributed by atoms with Crippen molar-refractivity contribution in [3.63, 3.8) is 0 Å². The van der Waals surface area contributed by atoms with Crippen LogP contribution in [0.3, 0.4) is 0 Å². The lowest BCUT2D eigenvalue weighted by molar-refractivity contribution is -0.118. The molecule has 1 aromatic carbocycles. The Bertz CT molecular complexity index is 792. The van der Waals surface area contributed by atoms with Crippen LogP contribution in [0.2, 0.25) is 0 Å². The van der Waals surface area contributed by atoms with Crippen molar-refractivity contribution in [2.45, 2.75) is 19.8 Å². The summed E-state index contributed by atoms with van der Waals surface area (Å²) in [6, 6.07) is 15.6. The number of para-hydroxylation sites is 1. The molecular formula is C18H19N3O. The SMILES string of the molecule is Cc1nc2ccccn2c1CCC(=O)N(C)c1ccccc1. The van der Waals surface area contributed by atoms with Crippen molar-refractivity contribution in [1.82, 2.24) is 9.38 Å². The Morgan fingerprint density at radius 1 is 1.14 bits per heavy atom. The Labute approximate surface area is 130 Å². The zero-order valence-electron chi connectivity index (χ0n) is 12.9. The summed E-state index contributed by atoms with van der Waals surface area (Å²) in [6.07, 6.45) is 3.15. The summed E-state index contributed by atoms with van der Waals surface area (Å²) in [5.74, 6) is 0.108. The molecule has 3 aromatic rings. The predicted molar refractivity (Wildman–Crippen MR) is 88.1 cm³/mol. The summed E-state index contributed by atoms with van der Waals surface area (Å²) in [6.45, 7) is 1.99. The quantitative estimate of drug-likeness (QED) is 0.740. The Morgan fingerprint density at radius 3 is 2.64 bits per heavy atom. The number of amides is 1. The van der Waals surface area contributed by atoms with Crippen LogP contribution in [0, 0.1) is 6.92 Å². The first kappa shape index (κ1) is 14.3. The van der Waals surface area contributed by atoms with Gasteiger partial charge >= 0.3 is 0 Å². The molecule has 0 atom stereocenters. The second-order valence-electron chi connectivity index (χ2n) is 5.36. The summed E-state index contributed by atoms with van der Waals surface area (Å²) in [7, 11) is 1.82. The lowest BCUT2D eigenvalue weighted by Crippen LogP contribution is -2.26. The lowest BCUT2D eigenvalue weighted by Gasteiger charge is -2.17. The van der Waals surface area contributed by atoms with Crippen LogP contribution in [0.25, 0.3) is 5.65 Å². The second kappa shape index (κ2) is 6.02. The van der Waals surface area contributed by atoms with Gasteiger partial charge in [0.15, 0.2) is 0 Å². The van der Waals surface area contributed by atoms with Gasteiger partial charge < -0.3 is 9.30 Å². The van der Waals surface area contributed by atoms with Crippen LogP contribution in [0.1, 0.15) is 17.8 Å². The Kier molecular flexibility index (Phi) is 3.92. The number of carbonyl (C=O) groups is 1. The van der Waals surface area contributed by atoms with E-state index in [4.69, 9.17) is 0 Å². The molecular weight excluding hydrogens is 274 g/mol. The van der Waals surface area contributed by atoms with E-state index < -0.39 is 0 Å². The fourth-order valence-corrected chi connectivity index (χ4v) is 2.65. The van der Waals surface area contributed by atoms with E-state index in [2.05, 4.69) is 9.38 Å². The number of hydrogen-bond donors (Lipinski definition) is 0. The minimum absolute atomic E-state index is 0.108. The second-order valence-corrected chi connectivity index (χ2v) is 5.36. The summed E-state index contributed by atoms with van der Waals surface area (Å²) in [5, 5.41) is 0. The maximum Gasteiger partial charge on any atom is 0.227 e. The number of aromatic nitrogens is 2. The van der Waals surface area contributed by atoms with Crippen LogP contribution < -0.4 is 4.90 Å². The minimum atomic E-state index is 0.108. The zero-order chi connectivity index (χ0) is 15.5. The van der Waals surface area contributed by atoms with Crippen molar-refractivity contribution in [2.24, 2.45) is 0 Å². The van der Waals surface area contributed by atoms with Crippen LogP contribution in [0.15, 0.2) is 54.7 Å². The number of hydrogen-bond acceptors (Lipinski definition) is 2. The summed E-state index contributed by atoms with van der Waals surface area (Å²) >= 11 is 0. The van der Waals surface area contributed by atoms with Crippen molar-refractivity contribution in [1.29, 1.82) is 0 Å². The summed E-state index contributed by atoms with van der Waals surface area (Å²) in [5.41, 5.74) is 3.94. The van der Waals surface area contributed by atoms with E-state index in [0.29, 0.717) is 12.8 Å². The van der Waals surface area contributed by atoms with Crippen molar-refractivity contribution >= 4 is 17.2 Å². The smallest absolute Gasteiger partial charge is 0.227 e. The fourth-order valence-electron chi connectivity index (χ4n) is 2.65. The topological polar surface area (TPSA) is 37.6 Å². The fraction of sp³-hybridized carbons (Fsp3) is 0.222. The molecule has 0 unspecified atom stereocenters. The summed E-state index contributed by atoms with van der Waals surface area (Å²) < 4.78 is 2.06. The number of fused-ring (bicyclic) bond motifs is 1. The van der Waals surface area contributed by atoms with E-state index >= 15 is 0 Å². The number of benzene rings is 1. The highest BCUT2D eigenvalue weighted by molar-refractivity contribution is 5.92. The van der Waals surface area contributed by atoms with Crippen molar-refractivity contribution in [3.8, 4) is 0 Å². The van der Waals surface area contributed by atoms with E-state index in [1.54, 1.807) is 4.90 Å². The molecule has 0 radical (unpaired) electrons. The molecule has 2 aromatic heterocycles. The molecule has 0 aliphatic heterocycles. The van der Waals surface area contributed by atoms with Crippen molar-refractivity contribution < 1.29 is 4.79 Å². The molecule has 0 saturated carbocycles. The molecule has 0 aliphatic rings. The molecule has 3 rings (SSSR count). The van der Waals surface area contributed by atoms with Crippen LogP contribution in [0.5, 0.6) is 0 Å². The monoisotopic (exact) mass is 293 g/mol. The molecule has 4 nitrogen and oxygen atoms in total. The predicted octanol–water partition coefficient (Wildman–Crippen LogP) is 3.24. The molecule has 0 fully saturated rings. The molecule has 0 bridgehead atoms. The molecule has 1 amide bonds. The third-order valence-electron chi connectivity index (χ3n) is 3.92. The van der Waals surface area contributed by atoms with Crippen LogP contribution in [-0.2, 0) is 11.2 Å². The Hall–Kier alpha value is -2.62. The van der Waals surface area contributed by atoms with Crippen LogP contribution in [0.4, 0.5) is 5.69 Å². The number of aryl methyl sites for hydroxylation is 2. The largest absolute Gasteiger partial charge is 0.315 e. The van der Waals surface area contributed by atoms with E-state index in [1.165, 1.54) is 0 Å². The number of anilines is 1. The standard InChI is InChI=1S/C18H19N3O/c1-14-16(21-13-7-6-10-17(21)19-14)11-12-18(22)20(2)15-8-4-3-5-9-15/h3-10,13H,11-12H2,1-2H3. The first-order valence-electron chi connectivity index (χ1n) is 7.41. The van der Waals surface area contributed by atoms with Gasteiger partial charge in [0, 0.05) is 31.0 Å². The maximum atomic E-state index is 12.4. The Balaban J connectivity index is 1.74. The first-order chi connectivity index (χ1) is 10.7. The molecule has 4 heteroatoms. The maximum absolute atomic E-state index is 12.4. The molecule has 0 saturated heterocycles. The average molecular weight is 293 g/mol. The van der Waals surface area contributed by atoms with Gasteiger partial charge in [0.1, 0.15) is 5.65 Å². The summed E-state index contributed by atoms with van der Waals surface area (Å²) in [4.78, 5) is 18.6. The third kappa shape index (κ3) is 2.72. The van der Waals surface area contributed by atoms with Gasteiger partial charge in [-0.25, -0.2) is 4.98 Å². The van der Waals surface area contributed by atoms with Crippen molar-refractivity contribution in [2.75, 3.05) is 11.9 Å².